The quantitative estimate of drug-likeness (QED) is 0.218. The summed E-state index contributed by atoms with van der Waals surface area (Å²) in [6.07, 6.45) is 0.242. The van der Waals surface area contributed by atoms with E-state index in [4.69, 9.17) is 0 Å². The number of nitrogens with one attached hydrogen (secondary N) is 3. The molecule has 0 radical (unpaired) electrons. The zero-order valence-corrected chi connectivity index (χ0v) is 24.8. The fourth-order valence-electron chi connectivity index (χ4n) is 4.86. The van der Waals surface area contributed by atoms with E-state index in [9.17, 15) is 32.0 Å². The summed E-state index contributed by atoms with van der Waals surface area (Å²) in [6, 6.07) is 17.4. The van der Waals surface area contributed by atoms with Crippen LogP contribution in [0.5, 0.6) is 0 Å². The lowest BCUT2D eigenvalue weighted by Crippen LogP contribution is -2.44. The van der Waals surface area contributed by atoms with Crippen molar-refractivity contribution < 1.29 is 27.2 Å². The Hall–Kier alpha value is -4.75. The molecule has 0 bridgehead atoms. The minimum Gasteiger partial charge on any atom is -0.351 e. The van der Waals surface area contributed by atoms with E-state index in [1.807, 2.05) is 0 Å². The molecular weight excluding hydrogens is 589 g/mol. The average Bonchev–Trinajstić information content (AvgIpc) is 3.25. The predicted octanol–water partition coefficient (Wildman–Crippen LogP) is 2.62. The molecule has 2 heterocycles. The summed E-state index contributed by atoms with van der Waals surface area (Å²) in [6.45, 7) is 3.09. The van der Waals surface area contributed by atoms with Crippen molar-refractivity contribution in [3.63, 3.8) is 0 Å². The van der Waals surface area contributed by atoms with Gasteiger partial charge in [-0.2, -0.15) is 5.10 Å². The molecule has 3 aromatic carbocycles. The Labute approximate surface area is 252 Å². The second-order valence-electron chi connectivity index (χ2n) is 11.3. The van der Waals surface area contributed by atoms with Gasteiger partial charge in [-0.1, -0.05) is 50.2 Å². The Balaban J connectivity index is 1.17. The molecule has 1 aliphatic rings. The minimum absolute atomic E-state index is 0.0164. The third kappa shape index (κ3) is 6.58. The first kappa shape index (κ1) is 30.7. The van der Waals surface area contributed by atoms with E-state index >= 15 is 0 Å². The van der Waals surface area contributed by atoms with Gasteiger partial charge in [0.2, 0.25) is 10.0 Å². The number of carbonyl (C=O) groups is 3. The van der Waals surface area contributed by atoms with E-state index in [1.165, 1.54) is 30.3 Å². The second-order valence-corrected chi connectivity index (χ2v) is 13.3. The molecule has 1 aromatic heterocycles. The summed E-state index contributed by atoms with van der Waals surface area (Å²) in [7, 11) is -3.88. The van der Waals surface area contributed by atoms with Crippen LogP contribution in [0.2, 0.25) is 0 Å². The SMILES string of the molecule is CC(C)(CNC(=O)c1cc(Cc2n[nH]c(=O)c3ccccc23)ccc1F)CNS(=O)(=O)CCN1C(=O)c2ccccc2C1=O. The molecule has 228 valence electrons. The number of aromatic nitrogens is 2. The highest BCUT2D eigenvalue weighted by molar-refractivity contribution is 7.89. The Morgan fingerprint density at radius 3 is 2.25 bits per heavy atom. The molecule has 0 saturated heterocycles. The zero-order chi connectivity index (χ0) is 31.6. The summed E-state index contributed by atoms with van der Waals surface area (Å²) in [5.41, 5.74) is 0.364. The van der Waals surface area contributed by atoms with Gasteiger partial charge in [0.05, 0.1) is 33.5 Å². The number of fused-ring (bicyclic) bond motifs is 2. The topological polar surface area (TPSA) is 158 Å². The molecular formula is C31H30FN5O6S. The first-order valence-electron chi connectivity index (χ1n) is 13.8. The van der Waals surface area contributed by atoms with Gasteiger partial charge in [-0.15, -0.1) is 0 Å². The number of sulfonamides is 1. The standard InChI is InChI=1S/C31H30FN5O6S/c1-31(2,18-34-44(42,43)14-13-37-29(40)22-9-5-6-10-23(22)30(37)41)17-33-27(38)24-15-19(11-12-25(24)32)16-26-20-7-3-4-8-21(20)28(39)36-35-26/h3-12,15,34H,13-14,16-18H2,1-2H3,(H,33,38)(H,36,39). The minimum atomic E-state index is -3.88. The zero-order valence-electron chi connectivity index (χ0n) is 24.0. The summed E-state index contributed by atoms with van der Waals surface area (Å²) < 4.78 is 42.5. The number of rotatable bonds is 11. The Kier molecular flexibility index (Phi) is 8.44. The third-order valence-electron chi connectivity index (χ3n) is 7.38. The van der Waals surface area contributed by atoms with Gasteiger partial charge in [-0.05, 0) is 41.3 Å². The van der Waals surface area contributed by atoms with Gasteiger partial charge >= 0.3 is 0 Å². The molecule has 44 heavy (non-hydrogen) atoms. The van der Waals surface area contributed by atoms with Crippen LogP contribution in [0.4, 0.5) is 4.39 Å². The van der Waals surface area contributed by atoms with Gasteiger partial charge in [-0.3, -0.25) is 24.1 Å². The number of imide groups is 1. The summed E-state index contributed by atoms with van der Waals surface area (Å²) >= 11 is 0. The predicted molar refractivity (Wildman–Crippen MR) is 161 cm³/mol. The molecule has 0 unspecified atom stereocenters. The summed E-state index contributed by atoms with van der Waals surface area (Å²) in [5.74, 6) is -2.97. The van der Waals surface area contributed by atoms with E-state index in [2.05, 4.69) is 20.2 Å². The molecule has 1 aliphatic heterocycles. The van der Waals surface area contributed by atoms with Crippen LogP contribution in [0.25, 0.3) is 10.8 Å². The molecule has 0 saturated carbocycles. The lowest BCUT2D eigenvalue weighted by Gasteiger charge is -2.25. The van der Waals surface area contributed by atoms with Crippen molar-refractivity contribution in [2.45, 2.75) is 20.3 Å². The maximum atomic E-state index is 14.7. The molecule has 0 aliphatic carbocycles. The number of aromatic amines is 1. The van der Waals surface area contributed by atoms with Crippen LogP contribution in [-0.4, -0.2) is 66.6 Å². The van der Waals surface area contributed by atoms with Crippen molar-refractivity contribution >= 4 is 38.5 Å². The van der Waals surface area contributed by atoms with Crippen LogP contribution >= 0.6 is 0 Å². The number of H-pyrrole nitrogens is 1. The second kappa shape index (κ2) is 12.1. The first-order valence-corrected chi connectivity index (χ1v) is 15.5. The summed E-state index contributed by atoms with van der Waals surface area (Å²) in [4.78, 5) is 51.0. The smallest absolute Gasteiger partial charge is 0.272 e. The molecule has 0 spiro atoms. The summed E-state index contributed by atoms with van der Waals surface area (Å²) in [5, 5.41) is 10.4. The van der Waals surface area contributed by atoms with Crippen LogP contribution in [0.1, 0.15) is 56.2 Å². The maximum absolute atomic E-state index is 14.7. The van der Waals surface area contributed by atoms with Crippen molar-refractivity contribution in [3.8, 4) is 0 Å². The monoisotopic (exact) mass is 619 g/mol. The van der Waals surface area contributed by atoms with Gasteiger partial charge < -0.3 is 5.32 Å². The van der Waals surface area contributed by atoms with Gasteiger partial charge in [0, 0.05) is 31.4 Å². The Morgan fingerprint density at radius 1 is 0.932 bits per heavy atom. The number of amides is 3. The van der Waals surface area contributed by atoms with E-state index in [0.29, 0.717) is 22.0 Å². The van der Waals surface area contributed by atoms with Crippen molar-refractivity contribution in [1.29, 1.82) is 0 Å². The molecule has 5 rings (SSSR count). The first-order chi connectivity index (χ1) is 20.8. The highest BCUT2D eigenvalue weighted by Gasteiger charge is 2.35. The van der Waals surface area contributed by atoms with Gasteiger partial charge in [-0.25, -0.2) is 22.6 Å². The highest BCUT2D eigenvalue weighted by atomic mass is 32.2. The van der Waals surface area contributed by atoms with Crippen molar-refractivity contribution in [2.24, 2.45) is 5.41 Å². The largest absolute Gasteiger partial charge is 0.351 e. The maximum Gasteiger partial charge on any atom is 0.272 e. The third-order valence-corrected chi connectivity index (χ3v) is 8.69. The molecule has 3 amide bonds. The van der Waals surface area contributed by atoms with Crippen LogP contribution < -0.4 is 15.6 Å². The van der Waals surface area contributed by atoms with E-state index < -0.39 is 44.7 Å². The van der Waals surface area contributed by atoms with E-state index in [0.717, 1.165) is 4.90 Å². The van der Waals surface area contributed by atoms with Crippen molar-refractivity contribution in [1.82, 2.24) is 25.1 Å². The molecule has 13 heteroatoms. The Morgan fingerprint density at radius 2 is 1.57 bits per heavy atom. The number of benzene rings is 3. The van der Waals surface area contributed by atoms with Crippen molar-refractivity contribution in [3.05, 3.63) is 111 Å². The van der Waals surface area contributed by atoms with Crippen LogP contribution in [0.15, 0.2) is 71.5 Å². The number of hydrogen-bond donors (Lipinski definition) is 3. The van der Waals surface area contributed by atoms with E-state index in [1.54, 1.807) is 50.2 Å². The molecule has 11 nitrogen and oxygen atoms in total. The lowest BCUT2D eigenvalue weighted by molar-refractivity contribution is 0.0663. The number of halogens is 1. The molecule has 0 fully saturated rings. The number of nitrogens with zero attached hydrogens (tertiary/aromatic N) is 2. The number of hydrogen-bond acceptors (Lipinski definition) is 7. The fraction of sp³-hybridized carbons (Fsp3) is 0.258. The van der Waals surface area contributed by atoms with Crippen LogP contribution in [0, 0.1) is 11.2 Å². The molecule has 4 aromatic rings. The molecule has 0 atom stereocenters. The normalized spacial score (nSPS) is 13.4. The van der Waals surface area contributed by atoms with Crippen LogP contribution in [0.3, 0.4) is 0 Å². The lowest BCUT2D eigenvalue weighted by atomic mass is 9.93. The average molecular weight is 620 g/mol. The van der Waals surface area contributed by atoms with E-state index in [-0.39, 0.29) is 48.3 Å². The highest BCUT2D eigenvalue weighted by Crippen LogP contribution is 2.23. The van der Waals surface area contributed by atoms with Crippen LogP contribution in [-0.2, 0) is 16.4 Å². The van der Waals surface area contributed by atoms with Gasteiger partial charge in [0.25, 0.3) is 23.3 Å². The number of carbonyl (C=O) groups excluding carboxylic acids is 3. The molecule has 3 N–H and O–H groups in total. The van der Waals surface area contributed by atoms with Gasteiger partial charge in [0.15, 0.2) is 0 Å². The van der Waals surface area contributed by atoms with Crippen molar-refractivity contribution in [2.75, 3.05) is 25.4 Å². The van der Waals surface area contributed by atoms with Gasteiger partial charge in [0.1, 0.15) is 5.82 Å². The fourth-order valence-corrected chi connectivity index (χ4v) is 6.04. The Bertz CT molecular complexity index is 1920.